The van der Waals surface area contributed by atoms with Crippen LogP contribution in [0.25, 0.3) is 121 Å². The SMILES string of the molecule is Cc1cnccc1-c1c2c(cc3c1ccc1c4cc5c(c(-c6cnnnc6)c4ccc31)-c1cccc3cccc-5c13)-c1cccc3cccc-2c13. The topological polar surface area (TPSA) is 51.6 Å². The Balaban J connectivity index is 1.25. The molecule has 2 aliphatic rings. The van der Waals surface area contributed by atoms with Gasteiger partial charge in [-0.3, -0.25) is 4.98 Å². The number of fused-ring (bicyclic) bond motifs is 11. The summed E-state index contributed by atoms with van der Waals surface area (Å²) in [5.41, 5.74) is 16.0. The second-order valence-electron chi connectivity index (χ2n) is 13.9. The fraction of sp³-hybridized carbons (Fsp3) is 0.0213. The van der Waals surface area contributed by atoms with Gasteiger partial charge in [0.2, 0.25) is 0 Å². The highest BCUT2D eigenvalue weighted by Crippen LogP contribution is 2.56. The predicted octanol–water partition coefficient (Wildman–Crippen LogP) is 12.0. The van der Waals surface area contributed by atoms with E-state index >= 15 is 0 Å². The third-order valence-corrected chi connectivity index (χ3v) is 11.4. The van der Waals surface area contributed by atoms with Crippen molar-refractivity contribution in [2.75, 3.05) is 0 Å². The van der Waals surface area contributed by atoms with Gasteiger partial charge in [0, 0.05) is 23.5 Å². The van der Waals surface area contributed by atoms with Gasteiger partial charge < -0.3 is 0 Å². The van der Waals surface area contributed by atoms with E-state index < -0.39 is 0 Å². The first-order valence-electron chi connectivity index (χ1n) is 17.4. The summed E-state index contributed by atoms with van der Waals surface area (Å²) >= 11 is 0. The zero-order chi connectivity index (χ0) is 33.4. The molecule has 10 aromatic rings. The molecule has 0 radical (unpaired) electrons. The van der Waals surface area contributed by atoms with Gasteiger partial charge in [-0.05, 0) is 145 Å². The van der Waals surface area contributed by atoms with Crippen molar-refractivity contribution in [1.82, 2.24) is 20.4 Å². The van der Waals surface area contributed by atoms with E-state index in [9.17, 15) is 0 Å². The van der Waals surface area contributed by atoms with Gasteiger partial charge in [0.05, 0.1) is 12.4 Å². The zero-order valence-corrected chi connectivity index (χ0v) is 27.6. The fourth-order valence-electron chi connectivity index (χ4n) is 9.40. The molecule has 0 spiro atoms. The van der Waals surface area contributed by atoms with Crippen LogP contribution in [-0.2, 0) is 0 Å². The third kappa shape index (κ3) is 3.43. The van der Waals surface area contributed by atoms with Crippen LogP contribution in [0.3, 0.4) is 0 Å². The minimum Gasteiger partial charge on any atom is -0.264 e. The molecule has 0 saturated carbocycles. The molecule has 2 heterocycles. The van der Waals surface area contributed by atoms with Crippen LogP contribution in [-0.4, -0.2) is 20.4 Å². The number of aryl methyl sites for hydroxylation is 1. The molecular formula is C47H26N4. The van der Waals surface area contributed by atoms with Gasteiger partial charge in [0.25, 0.3) is 0 Å². The van der Waals surface area contributed by atoms with Crippen molar-refractivity contribution < 1.29 is 0 Å². The summed E-state index contributed by atoms with van der Waals surface area (Å²) < 4.78 is 0. The molecule has 0 bridgehead atoms. The van der Waals surface area contributed by atoms with Crippen molar-refractivity contribution in [2.24, 2.45) is 0 Å². The number of hydrogen-bond donors (Lipinski definition) is 0. The summed E-state index contributed by atoms with van der Waals surface area (Å²) in [6.45, 7) is 2.17. The molecule has 2 aromatic heterocycles. The number of hydrogen-bond acceptors (Lipinski definition) is 4. The summed E-state index contributed by atoms with van der Waals surface area (Å²) in [6.07, 6.45) is 7.61. The molecule has 4 heteroatoms. The first kappa shape index (κ1) is 27.1. The minimum atomic E-state index is 0.968. The van der Waals surface area contributed by atoms with Crippen LogP contribution in [0, 0.1) is 6.92 Å². The second kappa shape index (κ2) is 9.68. The highest BCUT2D eigenvalue weighted by Gasteiger charge is 2.29. The van der Waals surface area contributed by atoms with Crippen molar-refractivity contribution in [2.45, 2.75) is 6.92 Å². The van der Waals surface area contributed by atoms with E-state index in [1.165, 1.54) is 115 Å². The maximum absolute atomic E-state index is 4.48. The van der Waals surface area contributed by atoms with Gasteiger partial charge in [-0.15, -0.1) is 10.2 Å². The molecule has 0 amide bonds. The summed E-state index contributed by atoms with van der Waals surface area (Å²) in [7, 11) is 0. The zero-order valence-electron chi connectivity index (χ0n) is 27.6. The molecule has 0 atom stereocenters. The van der Waals surface area contributed by atoms with Crippen LogP contribution in [0.5, 0.6) is 0 Å². The monoisotopic (exact) mass is 646 g/mol. The Morgan fingerprint density at radius 2 is 0.902 bits per heavy atom. The quantitative estimate of drug-likeness (QED) is 0.175. The Hall–Kier alpha value is -6.78. The smallest absolute Gasteiger partial charge is 0.0608 e. The largest absolute Gasteiger partial charge is 0.264 e. The fourth-order valence-corrected chi connectivity index (χ4v) is 9.40. The van der Waals surface area contributed by atoms with Crippen molar-refractivity contribution in [1.29, 1.82) is 0 Å². The predicted molar refractivity (Wildman–Crippen MR) is 210 cm³/mol. The molecule has 0 unspecified atom stereocenters. The lowest BCUT2D eigenvalue weighted by atomic mass is 9.83. The van der Waals surface area contributed by atoms with E-state index in [4.69, 9.17) is 0 Å². The maximum Gasteiger partial charge on any atom is 0.0608 e. The molecule has 0 aliphatic heterocycles. The van der Waals surface area contributed by atoms with Crippen molar-refractivity contribution in [3.8, 4) is 66.8 Å². The highest BCUT2D eigenvalue weighted by molar-refractivity contribution is 6.30. The normalized spacial score (nSPS) is 12.4. The van der Waals surface area contributed by atoms with Crippen LogP contribution >= 0.6 is 0 Å². The number of nitrogens with zero attached hydrogens (tertiary/aromatic N) is 4. The van der Waals surface area contributed by atoms with Gasteiger partial charge in [-0.1, -0.05) is 97.1 Å². The molecule has 0 fully saturated rings. The summed E-state index contributed by atoms with van der Waals surface area (Å²) in [5.74, 6) is 0. The van der Waals surface area contributed by atoms with Gasteiger partial charge >= 0.3 is 0 Å². The van der Waals surface area contributed by atoms with Crippen LogP contribution in [0.15, 0.2) is 140 Å². The van der Waals surface area contributed by atoms with Gasteiger partial charge in [-0.2, -0.15) is 0 Å². The molecule has 234 valence electrons. The van der Waals surface area contributed by atoms with Crippen molar-refractivity contribution in [3.05, 3.63) is 146 Å². The molecular weight excluding hydrogens is 621 g/mol. The highest BCUT2D eigenvalue weighted by atomic mass is 15.3. The molecule has 0 saturated heterocycles. The lowest BCUT2D eigenvalue weighted by Gasteiger charge is -2.19. The van der Waals surface area contributed by atoms with E-state index in [2.05, 4.69) is 143 Å². The Bertz CT molecular complexity index is 3190. The molecule has 12 rings (SSSR count). The maximum atomic E-state index is 4.48. The Labute approximate surface area is 292 Å². The van der Waals surface area contributed by atoms with E-state index in [1.807, 2.05) is 24.8 Å². The molecule has 2 aliphatic carbocycles. The average molecular weight is 647 g/mol. The Morgan fingerprint density at radius 3 is 1.47 bits per heavy atom. The summed E-state index contributed by atoms with van der Waals surface area (Å²) in [4.78, 5) is 4.48. The van der Waals surface area contributed by atoms with Gasteiger partial charge in [0.15, 0.2) is 0 Å². The van der Waals surface area contributed by atoms with E-state index in [0.717, 1.165) is 11.1 Å². The molecule has 51 heavy (non-hydrogen) atoms. The first-order chi connectivity index (χ1) is 25.2. The lowest BCUT2D eigenvalue weighted by molar-refractivity contribution is 0.867. The number of aromatic nitrogens is 4. The molecule has 4 nitrogen and oxygen atoms in total. The number of rotatable bonds is 2. The first-order valence-corrected chi connectivity index (χ1v) is 17.4. The van der Waals surface area contributed by atoms with E-state index in [1.54, 1.807) is 0 Å². The van der Waals surface area contributed by atoms with Gasteiger partial charge in [0.1, 0.15) is 0 Å². The second-order valence-corrected chi connectivity index (χ2v) is 13.9. The van der Waals surface area contributed by atoms with Crippen LogP contribution in [0.2, 0.25) is 0 Å². The standard InChI is InChI=1S/C47H26N4/c1-25-22-48-19-18-29(25)45-35-17-15-30-31(39(35)21-41-33-11-3-7-27-9-5-13-37(43(27)33)47(41)45)14-16-34-38(30)20-40-32-10-2-6-26-8-4-12-36(42(26)32)46(40)44(34)28-23-49-51-50-24-28/h2-24H,1H3. The van der Waals surface area contributed by atoms with E-state index in [-0.39, 0.29) is 0 Å². The number of benzene rings is 8. The molecule has 0 N–H and O–H groups in total. The van der Waals surface area contributed by atoms with Crippen LogP contribution < -0.4 is 0 Å². The van der Waals surface area contributed by atoms with Crippen molar-refractivity contribution in [3.63, 3.8) is 0 Å². The van der Waals surface area contributed by atoms with E-state index in [0.29, 0.717) is 0 Å². The summed E-state index contributed by atoms with van der Waals surface area (Å²) in [5, 5.41) is 24.9. The summed E-state index contributed by atoms with van der Waals surface area (Å²) in [6, 6.07) is 43.1. The third-order valence-electron chi connectivity index (χ3n) is 11.4. The Morgan fingerprint density at radius 1 is 0.392 bits per heavy atom. The minimum absolute atomic E-state index is 0.968. The average Bonchev–Trinajstić information content (AvgIpc) is 3.68. The Kier molecular flexibility index (Phi) is 5.14. The number of pyridine rings is 1. The lowest BCUT2D eigenvalue weighted by Crippen LogP contribution is -1.94. The van der Waals surface area contributed by atoms with Gasteiger partial charge in [-0.25, -0.2) is 0 Å². The molecule has 8 aromatic carbocycles. The van der Waals surface area contributed by atoms with Crippen LogP contribution in [0.1, 0.15) is 5.56 Å². The van der Waals surface area contributed by atoms with Crippen LogP contribution in [0.4, 0.5) is 0 Å². The van der Waals surface area contributed by atoms with Crippen molar-refractivity contribution >= 4 is 53.9 Å².